The molecule has 0 saturated carbocycles. The lowest BCUT2D eigenvalue weighted by molar-refractivity contribution is -0.0979. The summed E-state index contributed by atoms with van der Waals surface area (Å²) in [5, 5.41) is 1.03. The maximum absolute atomic E-state index is 8.00. The van der Waals surface area contributed by atoms with Gasteiger partial charge < -0.3 is 25.7 Å². The van der Waals surface area contributed by atoms with E-state index in [2.05, 4.69) is 4.90 Å². The van der Waals surface area contributed by atoms with E-state index in [0.717, 1.165) is 49.8 Å². The molecule has 0 aliphatic carbocycles. The molecule has 2 aromatic rings. The first kappa shape index (κ1) is 24.0. The number of benzene rings is 2. The van der Waals surface area contributed by atoms with Gasteiger partial charge in [-0.3, -0.25) is 4.90 Å². The summed E-state index contributed by atoms with van der Waals surface area (Å²) < 4.78 is 11.1. The summed E-state index contributed by atoms with van der Waals surface area (Å²) in [6.45, 7) is 9.33. The number of halogens is 2. The monoisotopic (exact) mass is 427 g/mol. The van der Waals surface area contributed by atoms with E-state index in [1.54, 1.807) is 18.2 Å². The SMILES string of the molecule is C=O.Cc1ccc(N)cc1OCCN1CCOCC1.Nc1ccc(Cl)c(Cl)c1. The summed E-state index contributed by atoms with van der Waals surface area (Å²) in [6, 6.07) is 10.7. The molecule has 1 aliphatic heterocycles. The Morgan fingerprint density at radius 2 is 1.64 bits per heavy atom. The average molecular weight is 428 g/mol. The van der Waals surface area contributed by atoms with Gasteiger partial charge in [-0.15, -0.1) is 0 Å². The summed E-state index contributed by atoms with van der Waals surface area (Å²) in [5.41, 5.74) is 13.6. The van der Waals surface area contributed by atoms with Gasteiger partial charge in [0.15, 0.2) is 0 Å². The Bertz CT molecular complexity index is 726. The van der Waals surface area contributed by atoms with Crippen molar-refractivity contribution in [3.05, 3.63) is 52.0 Å². The molecule has 3 rings (SSSR count). The molecule has 1 fully saturated rings. The normalized spacial score (nSPS) is 13.5. The molecule has 0 radical (unpaired) electrons. The zero-order chi connectivity index (χ0) is 20.9. The molecule has 1 saturated heterocycles. The van der Waals surface area contributed by atoms with Gasteiger partial charge >= 0.3 is 0 Å². The predicted octanol–water partition coefficient (Wildman–Crippen LogP) is 3.68. The first-order chi connectivity index (χ1) is 13.5. The number of nitrogens with two attached hydrogens (primary N) is 2. The van der Waals surface area contributed by atoms with Crippen LogP contribution in [-0.2, 0) is 9.53 Å². The molecule has 0 unspecified atom stereocenters. The molecule has 1 aliphatic rings. The first-order valence-corrected chi connectivity index (χ1v) is 9.49. The Morgan fingerprint density at radius 3 is 2.25 bits per heavy atom. The summed E-state index contributed by atoms with van der Waals surface area (Å²) in [6.07, 6.45) is 0. The van der Waals surface area contributed by atoms with Crippen LogP contribution in [0.15, 0.2) is 36.4 Å². The molecule has 1 heterocycles. The number of carbonyl (C=O) groups excluding carboxylic acids is 1. The van der Waals surface area contributed by atoms with Crippen molar-refractivity contribution >= 4 is 41.4 Å². The lowest BCUT2D eigenvalue weighted by Crippen LogP contribution is -2.38. The van der Waals surface area contributed by atoms with Crippen molar-refractivity contribution in [2.24, 2.45) is 0 Å². The summed E-state index contributed by atoms with van der Waals surface area (Å²) in [5.74, 6) is 0.887. The number of nitrogens with zero attached hydrogens (tertiary/aromatic N) is 1. The first-order valence-electron chi connectivity index (χ1n) is 8.74. The van der Waals surface area contributed by atoms with E-state index in [0.29, 0.717) is 22.3 Å². The van der Waals surface area contributed by atoms with Crippen molar-refractivity contribution in [3.8, 4) is 5.75 Å². The van der Waals surface area contributed by atoms with Crippen LogP contribution in [0.25, 0.3) is 0 Å². The minimum Gasteiger partial charge on any atom is -0.492 e. The maximum atomic E-state index is 8.00. The number of hydrogen-bond donors (Lipinski definition) is 2. The number of ether oxygens (including phenoxy) is 2. The Morgan fingerprint density at radius 1 is 1.04 bits per heavy atom. The van der Waals surface area contributed by atoms with Crippen LogP contribution in [0.4, 0.5) is 11.4 Å². The van der Waals surface area contributed by atoms with Crippen molar-refractivity contribution in [2.45, 2.75) is 6.92 Å². The minimum absolute atomic E-state index is 0.497. The maximum Gasteiger partial charge on any atom is 0.124 e. The zero-order valence-corrected chi connectivity index (χ0v) is 17.5. The molecule has 8 heteroatoms. The summed E-state index contributed by atoms with van der Waals surface area (Å²) in [7, 11) is 0. The number of anilines is 2. The smallest absolute Gasteiger partial charge is 0.124 e. The van der Waals surface area contributed by atoms with Crippen molar-refractivity contribution in [1.82, 2.24) is 4.90 Å². The van der Waals surface area contributed by atoms with Gasteiger partial charge in [-0.25, -0.2) is 0 Å². The third-order valence-corrected chi connectivity index (χ3v) is 4.66. The highest BCUT2D eigenvalue weighted by molar-refractivity contribution is 6.42. The Balaban J connectivity index is 0.000000301. The fourth-order valence-corrected chi connectivity index (χ4v) is 2.70. The standard InChI is InChI=1S/C13H20N2O2.C6H5Cl2N.CH2O/c1-11-2-3-12(14)10-13(11)17-9-6-15-4-7-16-8-5-15;7-5-2-1-4(9)3-6(5)8;1-2/h2-3,10H,4-9,14H2,1H3;1-3H,9H2;1H2. The van der Waals surface area contributed by atoms with Crippen molar-refractivity contribution in [2.75, 3.05) is 50.9 Å². The van der Waals surface area contributed by atoms with E-state index in [1.807, 2.05) is 31.9 Å². The molecule has 0 spiro atoms. The minimum atomic E-state index is 0.497. The molecule has 4 N–H and O–H groups in total. The molecular formula is C20H27Cl2N3O3. The van der Waals surface area contributed by atoms with E-state index in [-0.39, 0.29) is 0 Å². The Kier molecular flexibility index (Phi) is 11.4. The van der Waals surface area contributed by atoms with E-state index >= 15 is 0 Å². The van der Waals surface area contributed by atoms with Crippen LogP contribution in [0.3, 0.4) is 0 Å². The van der Waals surface area contributed by atoms with Crippen molar-refractivity contribution < 1.29 is 14.3 Å². The Hall–Kier alpha value is -1.99. The van der Waals surface area contributed by atoms with E-state index < -0.39 is 0 Å². The summed E-state index contributed by atoms with van der Waals surface area (Å²) >= 11 is 11.2. The molecule has 2 aromatic carbocycles. The van der Waals surface area contributed by atoms with Gasteiger partial charge in [0.2, 0.25) is 0 Å². The molecule has 0 atom stereocenters. The lowest BCUT2D eigenvalue weighted by Gasteiger charge is -2.26. The topological polar surface area (TPSA) is 90.8 Å². The second kappa shape index (κ2) is 13.2. The third-order valence-electron chi connectivity index (χ3n) is 3.92. The number of nitrogen functional groups attached to an aromatic ring is 2. The number of carbonyl (C=O) groups is 1. The average Bonchev–Trinajstić information content (AvgIpc) is 2.70. The highest BCUT2D eigenvalue weighted by Crippen LogP contribution is 2.23. The van der Waals surface area contributed by atoms with Crippen LogP contribution in [0.1, 0.15) is 5.56 Å². The Labute approximate surface area is 176 Å². The molecule has 0 bridgehead atoms. The summed E-state index contributed by atoms with van der Waals surface area (Å²) in [4.78, 5) is 10.4. The largest absolute Gasteiger partial charge is 0.492 e. The number of hydrogen-bond acceptors (Lipinski definition) is 6. The van der Waals surface area contributed by atoms with Crippen molar-refractivity contribution in [1.29, 1.82) is 0 Å². The molecule has 0 aromatic heterocycles. The van der Waals surface area contributed by atoms with Crippen molar-refractivity contribution in [3.63, 3.8) is 0 Å². The van der Waals surface area contributed by atoms with E-state index in [9.17, 15) is 0 Å². The molecule has 0 amide bonds. The third kappa shape index (κ3) is 8.80. The van der Waals surface area contributed by atoms with Crippen LogP contribution >= 0.6 is 23.2 Å². The van der Waals surface area contributed by atoms with Gasteiger partial charge in [0.25, 0.3) is 0 Å². The predicted molar refractivity (Wildman–Crippen MR) is 116 cm³/mol. The van der Waals surface area contributed by atoms with Crippen LogP contribution in [0.2, 0.25) is 10.0 Å². The zero-order valence-electron chi connectivity index (χ0n) is 16.0. The van der Waals surface area contributed by atoms with Crippen LogP contribution in [-0.4, -0.2) is 51.1 Å². The van der Waals surface area contributed by atoms with E-state index in [4.69, 9.17) is 48.9 Å². The number of morpholine rings is 1. The van der Waals surface area contributed by atoms with Gasteiger partial charge in [0, 0.05) is 37.1 Å². The van der Waals surface area contributed by atoms with Gasteiger partial charge in [0.05, 0.1) is 23.3 Å². The van der Waals surface area contributed by atoms with Gasteiger partial charge in [-0.1, -0.05) is 29.3 Å². The fourth-order valence-electron chi connectivity index (χ4n) is 2.39. The molecule has 6 nitrogen and oxygen atoms in total. The quantitative estimate of drug-likeness (QED) is 0.722. The van der Waals surface area contributed by atoms with Crippen LogP contribution in [0, 0.1) is 6.92 Å². The van der Waals surface area contributed by atoms with Gasteiger partial charge in [-0.05, 0) is 36.8 Å². The molecular weight excluding hydrogens is 401 g/mol. The van der Waals surface area contributed by atoms with Crippen LogP contribution in [0.5, 0.6) is 5.75 Å². The van der Waals surface area contributed by atoms with Gasteiger partial charge in [-0.2, -0.15) is 0 Å². The number of aryl methyl sites for hydroxylation is 1. The van der Waals surface area contributed by atoms with Crippen LogP contribution < -0.4 is 16.2 Å². The van der Waals surface area contributed by atoms with Gasteiger partial charge in [0.1, 0.15) is 19.1 Å². The lowest BCUT2D eigenvalue weighted by atomic mass is 10.2. The second-order valence-electron chi connectivity index (χ2n) is 6.00. The highest BCUT2D eigenvalue weighted by Gasteiger charge is 2.10. The highest BCUT2D eigenvalue weighted by atomic mass is 35.5. The molecule has 154 valence electrons. The fraction of sp³-hybridized carbons (Fsp3) is 0.350. The second-order valence-corrected chi connectivity index (χ2v) is 6.82. The van der Waals surface area contributed by atoms with E-state index in [1.165, 1.54) is 0 Å². The number of rotatable bonds is 4. The molecule has 28 heavy (non-hydrogen) atoms.